The lowest BCUT2D eigenvalue weighted by atomic mass is 10.3. The topological polar surface area (TPSA) is 9.23 Å². The zero-order valence-corrected chi connectivity index (χ0v) is 8.79. The van der Waals surface area contributed by atoms with Crippen LogP contribution >= 0.6 is 39.1 Å². The second-order valence-corrected chi connectivity index (χ2v) is 3.46. The molecule has 0 saturated carbocycles. The molecule has 0 atom stereocenters. The third kappa shape index (κ3) is 1.81. The highest BCUT2D eigenvalue weighted by Gasteiger charge is 2.07. The summed E-state index contributed by atoms with van der Waals surface area (Å²) in [6.45, 7) is 0. The number of ether oxygens (including phenoxy) is 1. The van der Waals surface area contributed by atoms with Gasteiger partial charge in [-0.15, -0.1) is 0 Å². The molecule has 0 saturated heterocycles. The smallest absolute Gasteiger partial charge is 0.138 e. The molecule has 1 aromatic carbocycles. The number of halogens is 3. The van der Waals surface area contributed by atoms with Gasteiger partial charge in [0.05, 0.1) is 21.6 Å². The highest BCUT2D eigenvalue weighted by Crippen LogP contribution is 2.36. The molecule has 0 radical (unpaired) electrons. The van der Waals surface area contributed by atoms with E-state index in [-0.39, 0.29) is 0 Å². The predicted molar refractivity (Wildman–Crippen MR) is 50.7 cm³/mol. The Morgan fingerprint density at radius 2 is 2.00 bits per heavy atom. The first-order valence-electron chi connectivity index (χ1n) is 2.84. The lowest BCUT2D eigenvalue weighted by molar-refractivity contribution is 0.415. The zero-order chi connectivity index (χ0) is 8.43. The first kappa shape index (κ1) is 9.17. The molecule has 0 aliphatic heterocycles. The molecule has 0 bridgehead atoms. The predicted octanol–water partition coefficient (Wildman–Crippen LogP) is 3.76. The van der Waals surface area contributed by atoms with Crippen LogP contribution in [0, 0.1) is 0 Å². The van der Waals surface area contributed by atoms with Gasteiger partial charge in [0, 0.05) is 0 Å². The van der Waals surface area contributed by atoms with Crippen LogP contribution in [0.3, 0.4) is 0 Å². The molecule has 0 aliphatic carbocycles. The number of methoxy groups -OCH3 is 1. The van der Waals surface area contributed by atoms with E-state index in [1.807, 2.05) is 0 Å². The van der Waals surface area contributed by atoms with Gasteiger partial charge in [-0.2, -0.15) is 0 Å². The van der Waals surface area contributed by atoms with E-state index in [9.17, 15) is 0 Å². The molecule has 1 rings (SSSR count). The van der Waals surface area contributed by atoms with E-state index in [0.717, 1.165) is 0 Å². The van der Waals surface area contributed by atoms with E-state index < -0.39 is 0 Å². The van der Waals surface area contributed by atoms with Crippen molar-refractivity contribution in [3.63, 3.8) is 0 Å². The van der Waals surface area contributed by atoms with Crippen LogP contribution in [0.1, 0.15) is 0 Å². The van der Waals surface area contributed by atoms with Crippen molar-refractivity contribution in [2.24, 2.45) is 0 Å². The Kier molecular flexibility index (Phi) is 3.05. The summed E-state index contributed by atoms with van der Waals surface area (Å²) in [4.78, 5) is 0. The quantitative estimate of drug-likeness (QED) is 0.695. The van der Waals surface area contributed by atoms with Crippen molar-refractivity contribution in [3.8, 4) is 5.75 Å². The van der Waals surface area contributed by atoms with Crippen LogP contribution in [0.5, 0.6) is 5.75 Å². The Morgan fingerprint density at radius 1 is 1.36 bits per heavy atom. The van der Waals surface area contributed by atoms with Crippen LogP contribution in [0.2, 0.25) is 10.0 Å². The molecule has 0 spiro atoms. The highest BCUT2D eigenvalue weighted by molar-refractivity contribution is 9.10. The van der Waals surface area contributed by atoms with Gasteiger partial charge in [0.1, 0.15) is 5.75 Å². The maximum absolute atomic E-state index is 5.84. The first-order chi connectivity index (χ1) is 5.16. The summed E-state index contributed by atoms with van der Waals surface area (Å²) in [7, 11) is 1.56. The molecule has 0 aromatic heterocycles. The molecule has 11 heavy (non-hydrogen) atoms. The Bertz CT molecular complexity index is 275. The zero-order valence-electron chi connectivity index (χ0n) is 5.70. The second kappa shape index (κ2) is 3.65. The van der Waals surface area contributed by atoms with Crippen LogP contribution in [0.4, 0.5) is 0 Å². The van der Waals surface area contributed by atoms with Crippen molar-refractivity contribution in [3.05, 3.63) is 26.7 Å². The minimum absolute atomic E-state index is 0.500. The number of hydrogen-bond donors (Lipinski definition) is 0. The maximum atomic E-state index is 5.84. The lowest BCUT2D eigenvalue weighted by Gasteiger charge is -2.04. The average Bonchev–Trinajstić information content (AvgIpc) is 2.01. The Balaban J connectivity index is 3.25. The van der Waals surface area contributed by atoms with Crippen LogP contribution in [0.25, 0.3) is 0 Å². The van der Waals surface area contributed by atoms with Crippen molar-refractivity contribution in [1.82, 2.24) is 0 Å². The summed E-state index contributed by atoms with van der Waals surface area (Å²) in [5.41, 5.74) is 0. The van der Waals surface area contributed by atoms with Crippen molar-refractivity contribution in [2.45, 2.75) is 0 Å². The molecule has 0 amide bonds. The van der Waals surface area contributed by atoms with Crippen molar-refractivity contribution >= 4 is 39.1 Å². The van der Waals surface area contributed by atoms with Gasteiger partial charge in [0.25, 0.3) is 0 Å². The van der Waals surface area contributed by atoms with Gasteiger partial charge in [-0.05, 0) is 28.1 Å². The molecule has 4 heteroatoms. The monoisotopic (exact) mass is 254 g/mol. The van der Waals surface area contributed by atoms with Crippen molar-refractivity contribution in [1.29, 1.82) is 0 Å². The van der Waals surface area contributed by atoms with E-state index in [4.69, 9.17) is 27.9 Å². The number of rotatable bonds is 1. The van der Waals surface area contributed by atoms with Gasteiger partial charge in [-0.1, -0.05) is 23.2 Å². The molecular weight excluding hydrogens is 251 g/mol. The van der Waals surface area contributed by atoms with E-state index in [1.165, 1.54) is 0 Å². The standard InChI is InChI=1S/C7H5BrCl2O/c1-11-5-3-2-4(9)6(8)7(5)10/h2-3H,1H3. The highest BCUT2D eigenvalue weighted by atomic mass is 79.9. The van der Waals surface area contributed by atoms with Crippen LogP contribution in [-0.4, -0.2) is 7.11 Å². The third-order valence-electron chi connectivity index (χ3n) is 1.22. The Labute approximate surface area is 83.4 Å². The fourth-order valence-corrected chi connectivity index (χ4v) is 1.44. The summed E-state index contributed by atoms with van der Waals surface area (Å²) in [6, 6.07) is 3.44. The van der Waals surface area contributed by atoms with Gasteiger partial charge in [-0.25, -0.2) is 0 Å². The molecule has 0 fully saturated rings. The van der Waals surface area contributed by atoms with Gasteiger partial charge in [0.15, 0.2) is 0 Å². The first-order valence-corrected chi connectivity index (χ1v) is 4.39. The molecule has 0 unspecified atom stereocenters. The molecule has 0 heterocycles. The fourth-order valence-electron chi connectivity index (χ4n) is 0.666. The van der Waals surface area contributed by atoms with E-state index in [0.29, 0.717) is 20.3 Å². The minimum atomic E-state index is 0.500. The molecule has 0 aliphatic rings. The van der Waals surface area contributed by atoms with Crippen LogP contribution < -0.4 is 4.74 Å². The average molecular weight is 256 g/mol. The summed E-state index contributed by atoms with van der Waals surface area (Å²) in [6.07, 6.45) is 0. The number of hydrogen-bond acceptors (Lipinski definition) is 1. The largest absolute Gasteiger partial charge is 0.495 e. The second-order valence-electron chi connectivity index (χ2n) is 1.88. The summed E-state index contributed by atoms with van der Waals surface area (Å²) in [5, 5.41) is 1.08. The molecule has 1 aromatic rings. The fraction of sp³-hybridized carbons (Fsp3) is 0.143. The molecule has 0 N–H and O–H groups in total. The number of benzene rings is 1. The summed E-state index contributed by atoms with van der Waals surface area (Å²) < 4.78 is 5.63. The SMILES string of the molecule is COc1ccc(Cl)c(Br)c1Cl. The van der Waals surface area contributed by atoms with Gasteiger partial charge in [-0.3, -0.25) is 0 Å². The molecule has 1 nitrogen and oxygen atoms in total. The van der Waals surface area contributed by atoms with Gasteiger partial charge < -0.3 is 4.74 Å². The Morgan fingerprint density at radius 3 is 2.55 bits per heavy atom. The van der Waals surface area contributed by atoms with E-state index in [2.05, 4.69) is 15.9 Å². The van der Waals surface area contributed by atoms with Crippen LogP contribution in [0.15, 0.2) is 16.6 Å². The third-order valence-corrected chi connectivity index (χ3v) is 3.19. The summed E-state index contributed by atoms with van der Waals surface area (Å²) >= 11 is 14.8. The maximum Gasteiger partial charge on any atom is 0.138 e. The van der Waals surface area contributed by atoms with E-state index >= 15 is 0 Å². The van der Waals surface area contributed by atoms with Gasteiger partial charge in [0.2, 0.25) is 0 Å². The Hall–Kier alpha value is 0.0800. The van der Waals surface area contributed by atoms with Crippen molar-refractivity contribution in [2.75, 3.05) is 7.11 Å². The van der Waals surface area contributed by atoms with E-state index in [1.54, 1.807) is 19.2 Å². The van der Waals surface area contributed by atoms with Gasteiger partial charge >= 0.3 is 0 Å². The molecule has 60 valence electrons. The molecular formula is C7H5BrCl2O. The lowest BCUT2D eigenvalue weighted by Crippen LogP contribution is -1.84. The van der Waals surface area contributed by atoms with Crippen molar-refractivity contribution < 1.29 is 4.74 Å². The normalized spacial score (nSPS) is 9.82. The summed E-state index contributed by atoms with van der Waals surface area (Å²) in [5.74, 6) is 0.614. The van der Waals surface area contributed by atoms with Crippen LogP contribution in [-0.2, 0) is 0 Å². The minimum Gasteiger partial charge on any atom is -0.495 e.